The predicted octanol–water partition coefficient (Wildman–Crippen LogP) is 3.00. The van der Waals surface area contributed by atoms with Crippen LogP contribution in [0.25, 0.3) is 0 Å². The van der Waals surface area contributed by atoms with Crippen molar-refractivity contribution in [2.75, 3.05) is 46.9 Å². The summed E-state index contributed by atoms with van der Waals surface area (Å²) in [5.41, 5.74) is 1.74. The SMILES string of the molecule is CN1CCC(N(C)Cc2cccc(OC[C@H]3CCCN(C(=O)c4cnsn4)C3)c2)CC1. The summed E-state index contributed by atoms with van der Waals surface area (Å²) in [5.74, 6) is 1.24. The van der Waals surface area contributed by atoms with E-state index in [4.69, 9.17) is 4.74 Å². The van der Waals surface area contributed by atoms with Gasteiger partial charge in [0.05, 0.1) is 24.5 Å². The molecule has 1 amide bonds. The molecule has 0 unspecified atom stereocenters. The van der Waals surface area contributed by atoms with Gasteiger partial charge in [-0.2, -0.15) is 8.75 Å². The van der Waals surface area contributed by atoms with E-state index in [1.807, 2.05) is 11.0 Å². The van der Waals surface area contributed by atoms with Crippen molar-refractivity contribution in [2.45, 2.75) is 38.3 Å². The summed E-state index contributed by atoms with van der Waals surface area (Å²) in [6.45, 7) is 5.43. The molecule has 0 aliphatic carbocycles. The molecule has 2 aromatic rings. The minimum atomic E-state index is -0.0163. The third kappa shape index (κ3) is 6.02. The van der Waals surface area contributed by atoms with Gasteiger partial charge in [0.2, 0.25) is 0 Å². The van der Waals surface area contributed by atoms with E-state index in [0.29, 0.717) is 24.3 Å². The molecule has 0 bridgehead atoms. The Labute approximate surface area is 189 Å². The summed E-state index contributed by atoms with van der Waals surface area (Å²) >= 11 is 1.08. The number of carbonyl (C=O) groups excluding carboxylic acids is 1. The molecule has 2 fully saturated rings. The van der Waals surface area contributed by atoms with E-state index in [1.165, 1.54) is 31.5 Å². The van der Waals surface area contributed by atoms with Crippen LogP contribution in [-0.4, -0.2) is 82.3 Å². The zero-order valence-corrected chi connectivity index (χ0v) is 19.4. The molecule has 2 saturated heterocycles. The number of nitrogens with zero attached hydrogens (tertiary/aromatic N) is 5. The summed E-state index contributed by atoms with van der Waals surface area (Å²) in [6.07, 6.45) is 6.10. The van der Waals surface area contributed by atoms with E-state index in [1.54, 1.807) is 6.20 Å². The summed E-state index contributed by atoms with van der Waals surface area (Å²) in [7, 11) is 4.43. The molecule has 168 valence electrons. The minimum Gasteiger partial charge on any atom is -0.493 e. The van der Waals surface area contributed by atoms with Crippen LogP contribution < -0.4 is 4.74 Å². The molecule has 2 aliphatic heterocycles. The first-order valence-corrected chi connectivity index (χ1v) is 12.0. The number of hydrogen-bond donors (Lipinski definition) is 0. The molecule has 0 spiro atoms. The highest BCUT2D eigenvalue weighted by molar-refractivity contribution is 6.99. The van der Waals surface area contributed by atoms with Crippen LogP contribution in [0.2, 0.25) is 0 Å². The van der Waals surface area contributed by atoms with E-state index >= 15 is 0 Å². The Morgan fingerprint density at radius 2 is 2.10 bits per heavy atom. The van der Waals surface area contributed by atoms with Gasteiger partial charge in [0.1, 0.15) is 5.75 Å². The van der Waals surface area contributed by atoms with Crippen LogP contribution in [-0.2, 0) is 6.54 Å². The zero-order chi connectivity index (χ0) is 21.6. The summed E-state index contributed by atoms with van der Waals surface area (Å²) in [5, 5.41) is 0. The lowest BCUT2D eigenvalue weighted by Crippen LogP contribution is -2.41. The highest BCUT2D eigenvalue weighted by Crippen LogP contribution is 2.22. The van der Waals surface area contributed by atoms with Crippen LogP contribution in [0.1, 0.15) is 41.7 Å². The monoisotopic (exact) mass is 443 g/mol. The van der Waals surface area contributed by atoms with Crippen LogP contribution in [0.15, 0.2) is 30.5 Å². The quantitative estimate of drug-likeness (QED) is 0.656. The normalized spacial score (nSPS) is 20.9. The van der Waals surface area contributed by atoms with Crippen LogP contribution in [0, 0.1) is 5.92 Å². The fourth-order valence-electron chi connectivity index (χ4n) is 4.61. The minimum absolute atomic E-state index is 0.0163. The second kappa shape index (κ2) is 10.5. The highest BCUT2D eigenvalue weighted by Gasteiger charge is 2.26. The number of likely N-dealkylation sites (tertiary alicyclic amines) is 2. The smallest absolute Gasteiger partial charge is 0.275 e. The predicted molar refractivity (Wildman–Crippen MR) is 122 cm³/mol. The number of piperidine rings is 2. The van der Waals surface area contributed by atoms with E-state index in [-0.39, 0.29) is 5.91 Å². The van der Waals surface area contributed by atoms with Gasteiger partial charge in [0, 0.05) is 31.6 Å². The zero-order valence-electron chi connectivity index (χ0n) is 18.6. The van der Waals surface area contributed by atoms with Crippen LogP contribution >= 0.6 is 11.7 Å². The lowest BCUT2D eigenvalue weighted by atomic mass is 9.98. The summed E-state index contributed by atoms with van der Waals surface area (Å²) in [6, 6.07) is 9.11. The Morgan fingerprint density at radius 1 is 1.26 bits per heavy atom. The first-order chi connectivity index (χ1) is 15.1. The number of carbonyl (C=O) groups is 1. The lowest BCUT2D eigenvalue weighted by molar-refractivity contribution is 0.0628. The molecular formula is C23H33N5O2S. The van der Waals surface area contributed by atoms with Crippen LogP contribution in [0.4, 0.5) is 0 Å². The molecule has 4 rings (SSSR count). The Morgan fingerprint density at radius 3 is 2.87 bits per heavy atom. The van der Waals surface area contributed by atoms with Gasteiger partial charge >= 0.3 is 0 Å². The average molecular weight is 444 g/mol. The van der Waals surface area contributed by atoms with Gasteiger partial charge in [-0.15, -0.1) is 0 Å². The highest BCUT2D eigenvalue weighted by atomic mass is 32.1. The molecule has 7 nitrogen and oxygen atoms in total. The first-order valence-electron chi connectivity index (χ1n) is 11.3. The number of rotatable bonds is 7. The topological polar surface area (TPSA) is 61.8 Å². The second-order valence-corrected chi connectivity index (χ2v) is 9.52. The molecule has 2 aliphatic rings. The maximum absolute atomic E-state index is 12.6. The Kier molecular flexibility index (Phi) is 7.53. The second-order valence-electron chi connectivity index (χ2n) is 8.96. The van der Waals surface area contributed by atoms with E-state index in [2.05, 4.69) is 50.8 Å². The molecule has 0 N–H and O–H groups in total. The van der Waals surface area contributed by atoms with E-state index in [9.17, 15) is 4.79 Å². The first kappa shape index (κ1) is 22.2. The fraction of sp³-hybridized carbons (Fsp3) is 0.609. The van der Waals surface area contributed by atoms with Crippen molar-refractivity contribution in [2.24, 2.45) is 5.92 Å². The average Bonchev–Trinajstić information content (AvgIpc) is 3.33. The van der Waals surface area contributed by atoms with Gasteiger partial charge in [-0.05, 0) is 70.6 Å². The molecule has 3 heterocycles. The molecular weight excluding hydrogens is 410 g/mol. The van der Waals surface area contributed by atoms with Crippen molar-refractivity contribution in [1.29, 1.82) is 0 Å². The van der Waals surface area contributed by atoms with Crippen molar-refractivity contribution >= 4 is 17.6 Å². The maximum Gasteiger partial charge on any atom is 0.275 e. The molecule has 1 atom stereocenters. The van der Waals surface area contributed by atoms with Gasteiger partial charge in [0.15, 0.2) is 5.69 Å². The molecule has 0 saturated carbocycles. The van der Waals surface area contributed by atoms with Crippen LogP contribution in [0.3, 0.4) is 0 Å². The number of amides is 1. The number of aromatic nitrogens is 2. The fourth-order valence-corrected chi connectivity index (χ4v) is 5.01. The van der Waals surface area contributed by atoms with Crippen molar-refractivity contribution < 1.29 is 9.53 Å². The van der Waals surface area contributed by atoms with Crippen molar-refractivity contribution in [3.63, 3.8) is 0 Å². The lowest BCUT2D eigenvalue weighted by Gasteiger charge is -2.35. The van der Waals surface area contributed by atoms with Crippen molar-refractivity contribution in [3.8, 4) is 5.75 Å². The third-order valence-electron chi connectivity index (χ3n) is 6.51. The molecule has 1 aromatic carbocycles. The summed E-state index contributed by atoms with van der Waals surface area (Å²) < 4.78 is 14.2. The van der Waals surface area contributed by atoms with Crippen molar-refractivity contribution in [3.05, 3.63) is 41.7 Å². The standard InChI is InChI=1S/C23H33N5O2S/c1-26-11-8-20(9-12-26)27(2)15-18-5-3-7-21(13-18)30-17-19-6-4-10-28(16-19)23(29)22-14-24-31-25-22/h3,5,7,13-14,19-20H,4,6,8-12,15-17H2,1-2H3/t19-/m0/s1. The van der Waals surface area contributed by atoms with E-state index in [0.717, 1.165) is 50.0 Å². The van der Waals surface area contributed by atoms with Crippen molar-refractivity contribution in [1.82, 2.24) is 23.4 Å². The van der Waals surface area contributed by atoms with Crippen LogP contribution in [0.5, 0.6) is 5.75 Å². The molecule has 31 heavy (non-hydrogen) atoms. The van der Waals surface area contributed by atoms with Gasteiger partial charge in [0.25, 0.3) is 5.91 Å². The van der Waals surface area contributed by atoms with Gasteiger partial charge < -0.3 is 14.5 Å². The number of ether oxygens (including phenoxy) is 1. The summed E-state index contributed by atoms with van der Waals surface area (Å²) in [4.78, 5) is 19.3. The Hall–Kier alpha value is -2.03. The number of benzene rings is 1. The molecule has 1 aromatic heterocycles. The molecule has 0 radical (unpaired) electrons. The molecule has 8 heteroatoms. The Bertz CT molecular complexity index is 838. The maximum atomic E-state index is 12.6. The van der Waals surface area contributed by atoms with E-state index < -0.39 is 0 Å². The Balaban J connectivity index is 1.27. The van der Waals surface area contributed by atoms with Gasteiger partial charge in [-0.25, -0.2) is 0 Å². The number of hydrogen-bond acceptors (Lipinski definition) is 7. The van der Waals surface area contributed by atoms with Gasteiger partial charge in [-0.1, -0.05) is 12.1 Å². The van der Waals surface area contributed by atoms with Gasteiger partial charge in [-0.3, -0.25) is 9.69 Å². The largest absolute Gasteiger partial charge is 0.493 e. The third-order valence-corrected chi connectivity index (χ3v) is 6.99.